The van der Waals surface area contributed by atoms with Crippen molar-refractivity contribution < 1.29 is 14.3 Å². The number of ether oxygens (including phenoxy) is 2. The molecule has 2 aromatic rings. The van der Waals surface area contributed by atoms with Crippen molar-refractivity contribution >= 4 is 11.8 Å². The summed E-state index contributed by atoms with van der Waals surface area (Å²) >= 11 is 0. The third-order valence-electron chi connectivity index (χ3n) is 3.57. The van der Waals surface area contributed by atoms with Crippen LogP contribution in [0, 0.1) is 0 Å². The van der Waals surface area contributed by atoms with Crippen molar-refractivity contribution in [3.8, 4) is 11.5 Å². The molecule has 0 bridgehead atoms. The quantitative estimate of drug-likeness (QED) is 0.606. The van der Waals surface area contributed by atoms with E-state index in [4.69, 9.17) is 9.47 Å². The van der Waals surface area contributed by atoms with E-state index < -0.39 is 6.09 Å². The highest BCUT2D eigenvalue weighted by atomic mass is 16.6. The molecule has 0 saturated heterocycles. The Labute approximate surface area is 143 Å². The van der Waals surface area contributed by atoms with Crippen LogP contribution in [0.3, 0.4) is 0 Å². The Hall–Kier alpha value is -2.49. The van der Waals surface area contributed by atoms with Gasteiger partial charge < -0.3 is 9.47 Å². The predicted octanol–water partition coefficient (Wildman–Crippen LogP) is 5.65. The lowest BCUT2D eigenvalue weighted by molar-refractivity contribution is 0.215. The van der Waals surface area contributed by atoms with Crippen molar-refractivity contribution in [1.82, 2.24) is 0 Å². The average Bonchev–Trinajstić information content (AvgIpc) is 2.60. The van der Waals surface area contributed by atoms with Gasteiger partial charge in [0.1, 0.15) is 11.5 Å². The second kappa shape index (κ2) is 10.3. The first kappa shape index (κ1) is 17.9. The standard InChI is InChI=1S/C20H25NO3/c1-2-3-4-5-9-16-23-18-14-12-17(13-15-18)21-20(22)24-19-10-7-6-8-11-19/h6-8,10-15H,2-5,9,16H2,1H3,(H,21,22). The Morgan fingerprint density at radius 1 is 0.875 bits per heavy atom. The fourth-order valence-electron chi connectivity index (χ4n) is 2.27. The highest BCUT2D eigenvalue weighted by Crippen LogP contribution is 2.17. The summed E-state index contributed by atoms with van der Waals surface area (Å²) in [7, 11) is 0. The third kappa shape index (κ3) is 6.73. The molecule has 24 heavy (non-hydrogen) atoms. The van der Waals surface area contributed by atoms with Crippen molar-refractivity contribution in [1.29, 1.82) is 0 Å². The van der Waals surface area contributed by atoms with Gasteiger partial charge in [-0.15, -0.1) is 0 Å². The number of benzene rings is 2. The number of carbonyl (C=O) groups excluding carboxylic acids is 1. The molecule has 0 aliphatic heterocycles. The Balaban J connectivity index is 1.70. The second-order valence-corrected chi connectivity index (χ2v) is 5.61. The summed E-state index contributed by atoms with van der Waals surface area (Å²) in [6.07, 6.45) is 5.58. The molecule has 1 amide bonds. The van der Waals surface area contributed by atoms with Gasteiger partial charge in [0, 0.05) is 5.69 Å². The minimum absolute atomic E-state index is 0.509. The molecule has 0 spiro atoms. The Kier molecular flexibility index (Phi) is 7.68. The number of unbranched alkanes of at least 4 members (excludes halogenated alkanes) is 4. The highest BCUT2D eigenvalue weighted by Gasteiger charge is 2.04. The highest BCUT2D eigenvalue weighted by molar-refractivity contribution is 5.86. The number of para-hydroxylation sites is 1. The van der Waals surface area contributed by atoms with E-state index in [-0.39, 0.29) is 0 Å². The Morgan fingerprint density at radius 3 is 2.29 bits per heavy atom. The number of amides is 1. The van der Waals surface area contributed by atoms with E-state index in [2.05, 4.69) is 12.2 Å². The molecule has 0 atom stereocenters. The molecule has 0 aliphatic rings. The van der Waals surface area contributed by atoms with Gasteiger partial charge in [0.2, 0.25) is 0 Å². The molecule has 0 saturated carbocycles. The summed E-state index contributed by atoms with van der Waals surface area (Å²) in [5, 5.41) is 2.69. The zero-order valence-electron chi connectivity index (χ0n) is 14.2. The van der Waals surface area contributed by atoms with E-state index in [0.29, 0.717) is 11.4 Å². The fraction of sp³-hybridized carbons (Fsp3) is 0.350. The lowest BCUT2D eigenvalue weighted by atomic mass is 10.2. The van der Waals surface area contributed by atoms with Gasteiger partial charge in [-0.3, -0.25) is 5.32 Å². The minimum atomic E-state index is -0.509. The molecule has 2 rings (SSSR count). The van der Waals surface area contributed by atoms with Crippen LogP contribution in [0.2, 0.25) is 0 Å². The summed E-state index contributed by atoms with van der Waals surface area (Å²) in [5.74, 6) is 1.32. The van der Waals surface area contributed by atoms with E-state index in [1.807, 2.05) is 30.3 Å². The molecule has 128 valence electrons. The second-order valence-electron chi connectivity index (χ2n) is 5.61. The van der Waals surface area contributed by atoms with Gasteiger partial charge in [-0.2, -0.15) is 0 Å². The number of hydrogen-bond acceptors (Lipinski definition) is 3. The van der Waals surface area contributed by atoms with Crippen molar-refractivity contribution in [2.45, 2.75) is 39.0 Å². The molecule has 2 aromatic carbocycles. The average molecular weight is 327 g/mol. The number of rotatable bonds is 9. The number of anilines is 1. The molecule has 0 radical (unpaired) electrons. The zero-order valence-corrected chi connectivity index (χ0v) is 14.2. The molecule has 1 N–H and O–H groups in total. The van der Waals surface area contributed by atoms with Gasteiger partial charge in [0.05, 0.1) is 6.61 Å². The van der Waals surface area contributed by atoms with Gasteiger partial charge in [0.25, 0.3) is 0 Å². The SMILES string of the molecule is CCCCCCCOc1ccc(NC(=O)Oc2ccccc2)cc1. The maximum atomic E-state index is 11.8. The molecule has 0 unspecified atom stereocenters. The smallest absolute Gasteiger partial charge is 0.417 e. The van der Waals surface area contributed by atoms with Crippen LogP contribution in [0.15, 0.2) is 54.6 Å². The zero-order chi connectivity index (χ0) is 17.0. The van der Waals surface area contributed by atoms with Crippen LogP contribution < -0.4 is 14.8 Å². The molecular weight excluding hydrogens is 302 g/mol. The van der Waals surface area contributed by atoms with Crippen molar-refractivity contribution in [2.24, 2.45) is 0 Å². The van der Waals surface area contributed by atoms with E-state index in [9.17, 15) is 4.79 Å². The molecule has 0 fully saturated rings. The summed E-state index contributed by atoms with van der Waals surface area (Å²) in [6, 6.07) is 16.3. The van der Waals surface area contributed by atoms with Crippen molar-refractivity contribution in [2.75, 3.05) is 11.9 Å². The molecule has 0 aliphatic carbocycles. The van der Waals surface area contributed by atoms with E-state index in [1.165, 1.54) is 25.7 Å². The first-order valence-corrected chi connectivity index (χ1v) is 8.54. The van der Waals surface area contributed by atoms with Gasteiger partial charge in [-0.05, 0) is 42.8 Å². The number of carbonyl (C=O) groups is 1. The lowest BCUT2D eigenvalue weighted by Crippen LogP contribution is -2.16. The van der Waals surface area contributed by atoms with Crippen LogP contribution in [0.1, 0.15) is 39.0 Å². The molecule has 4 heteroatoms. The minimum Gasteiger partial charge on any atom is -0.494 e. The third-order valence-corrected chi connectivity index (χ3v) is 3.57. The number of nitrogens with one attached hydrogen (secondary N) is 1. The summed E-state index contributed by atoms with van der Waals surface area (Å²) in [4.78, 5) is 11.8. The molecule has 0 aromatic heterocycles. The summed E-state index contributed by atoms with van der Waals surface area (Å²) in [5.41, 5.74) is 0.672. The van der Waals surface area contributed by atoms with Crippen molar-refractivity contribution in [3.63, 3.8) is 0 Å². The normalized spacial score (nSPS) is 10.2. The fourth-order valence-corrected chi connectivity index (χ4v) is 2.27. The van der Waals surface area contributed by atoms with Gasteiger partial charge in [-0.1, -0.05) is 50.8 Å². The van der Waals surface area contributed by atoms with Gasteiger partial charge >= 0.3 is 6.09 Å². The first-order chi connectivity index (χ1) is 11.8. The van der Waals surface area contributed by atoms with E-state index in [0.717, 1.165) is 18.8 Å². The Bertz CT molecular complexity index is 596. The van der Waals surface area contributed by atoms with E-state index >= 15 is 0 Å². The predicted molar refractivity (Wildman–Crippen MR) is 96.8 cm³/mol. The van der Waals surface area contributed by atoms with Gasteiger partial charge in [0.15, 0.2) is 0 Å². The number of hydrogen-bond donors (Lipinski definition) is 1. The molecular formula is C20H25NO3. The summed E-state index contributed by atoms with van der Waals surface area (Å²) in [6.45, 7) is 2.94. The maximum Gasteiger partial charge on any atom is 0.417 e. The lowest BCUT2D eigenvalue weighted by Gasteiger charge is -2.09. The first-order valence-electron chi connectivity index (χ1n) is 8.54. The summed E-state index contributed by atoms with van der Waals surface area (Å²) < 4.78 is 10.9. The van der Waals surface area contributed by atoms with E-state index in [1.54, 1.807) is 24.3 Å². The molecule has 0 heterocycles. The maximum absolute atomic E-state index is 11.8. The van der Waals surface area contributed by atoms with Crippen LogP contribution in [0.25, 0.3) is 0 Å². The van der Waals surface area contributed by atoms with Crippen LogP contribution in [-0.2, 0) is 0 Å². The van der Waals surface area contributed by atoms with Crippen LogP contribution in [-0.4, -0.2) is 12.7 Å². The van der Waals surface area contributed by atoms with Crippen LogP contribution in [0.5, 0.6) is 11.5 Å². The van der Waals surface area contributed by atoms with Crippen LogP contribution >= 0.6 is 0 Å². The Morgan fingerprint density at radius 2 is 1.58 bits per heavy atom. The molecule has 4 nitrogen and oxygen atoms in total. The monoisotopic (exact) mass is 327 g/mol. The topological polar surface area (TPSA) is 47.6 Å². The van der Waals surface area contributed by atoms with Gasteiger partial charge in [-0.25, -0.2) is 4.79 Å². The van der Waals surface area contributed by atoms with Crippen molar-refractivity contribution in [3.05, 3.63) is 54.6 Å². The largest absolute Gasteiger partial charge is 0.494 e. The van der Waals surface area contributed by atoms with Crippen LogP contribution in [0.4, 0.5) is 10.5 Å².